The molecule has 1 aromatic heterocycles. The van der Waals surface area contributed by atoms with Crippen LogP contribution in [-0.4, -0.2) is 26.2 Å². The van der Waals surface area contributed by atoms with E-state index in [0.717, 1.165) is 16.5 Å². The summed E-state index contributed by atoms with van der Waals surface area (Å²) in [5, 5.41) is 0.894. The number of esters is 2. The third-order valence-corrected chi connectivity index (χ3v) is 3.58. The molecule has 0 saturated heterocycles. The molecule has 0 saturated carbocycles. The van der Waals surface area contributed by atoms with Gasteiger partial charge in [-0.05, 0) is 41.5 Å². The van der Waals surface area contributed by atoms with Crippen molar-refractivity contribution in [3.8, 4) is 11.1 Å². The van der Waals surface area contributed by atoms with Gasteiger partial charge in [0.2, 0.25) is 0 Å². The number of furan rings is 1. The van der Waals surface area contributed by atoms with Crippen LogP contribution < -0.4 is 0 Å². The van der Waals surface area contributed by atoms with Gasteiger partial charge in [0.25, 0.3) is 0 Å². The minimum absolute atomic E-state index is 0.283. The molecule has 0 N–H and O–H groups in total. The molecule has 0 aliphatic rings. The first-order valence-electron chi connectivity index (χ1n) is 6.92. The topological polar surface area (TPSA) is 65.7 Å². The zero-order valence-electron chi connectivity index (χ0n) is 12.7. The van der Waals surface area contributed by atoms with Crippen LogP contribution in [-0.2, 0) is 9.47 Å². The SMILES string of the molecule is COC(=O)c1cc(C(=O)OC)cc(-c2cccc3occc23)c1. The third kappa shape index (κ3) is 2.68. The van der Waals surface area contributed by atoms with Gasteiger partial charge in [-0.2, -0.15) is 0 Å². The Morgan fingerprint density at radius 1 is 0.913 bits per heavy atom. The van der Waals surface area contributed by atoms with E-state index in [-0.39, 0.29) is 11.1 Å². The Kier molecular flexibility index (Phi) is 3.85. The quantitative estimate of drug-likeness (QED) is 0.690. The molecule has 0 aliphatic carbocycles. The molecule has 0 aliphatic heterocycles. The van der Waals surface area contributed by atoms with Gasteiger partial charge in [-0.3, -0.25) is 0 Å². The fraction of sp³-hybridized carbons (Fsp3) is 0.111. The molecule has 3 rings (SSSR count). The van der Waals surface area contributed by atoms with Crippen LogP contribution in [0.25, 0.3) is 22.1 Å². The molecule has 0 amide bonds. The van der Waals surface area contributed by atoms with E-state index < -0.39 is 11.9 Å². The Bertz CT molecular complexity index is 857. The van der Waals surface area contributed by atoms with Crippen molar-refractivity contribution in [3.05, 3.63) is 59.9 Å². The Labute approximate surface area is 132 Å². The molecule has 116 valence electrons. The Balaban J connectivity index is 2.23. The normalized spacial score (nSPS) is 10.5. The van der Waals surface area contributed by atoms with Crippen LogP contribution in [0.3, 0.4) is 0 Å². The lowest BCUT2D eigenvalue weighted by Gasteiger charge is -2.09. The smallest absolute Gasteiger partial charge is 0.337 e. The molecule has 2 aromatic carbocycles. The Hall–Kier alpha value is -3.08. The molecule has 0 fully saturated rings. The van der Waals surface area contributed by atoms with Gasteiger partial charge in [0.1, 0.15) is 5.58 Å². The van der Waals surface area contributed by atoms with Gasteiger partial charge in [0.05, 0.1) is 31.6 Å². The molecule has 3 aromatic rings. The summed E-state index contributed by atoms with van der Waals surface area (Å²) in [5.74, 6) is -1.03. The molecular weight excluding hydrogens is 296 g/mol. The predicted octanol–water partition coefficient (Wildman–Crippen LogP) is 3.67. The lowest BCUT2D eigenvalue weighted by molar-refractivity contribution is 0.0599. The third-order valence-electron chi connectivity index (χ3n) is 3.58. The van der Waals surface area contributed by atoms with E-state index >= 15 is 0 Å². The molecule has 5 heteroatoms. The molecule has 0 unspecified atom stereocenters. The molecular formula is C18H14O5. The van der Waals surface area contributed by atoms with Crippen LogP contribution in [0, 0.1) is 0 Å². The molecule has 0 atom stereocenters. The van der Waals surface area contributed by atoms with E-state index in [9.17, 15) is 9.59 Å². The number of carbonyl (C=O) groups excluding carboxylic acids is 2. The van der Waals surface area contributed by atoms with E-state index in [1.165, 1.54) is 20.3 Å². The maximum Gasteiger partial charge on any atom is 0.337 e. The van der Waals surface area contributed by atoms with E-state index in [4.69, 9.17) is 13.9 Å². The van der Waals surface area contributed by atoms with Gasteiger partial charge in [0.15, 0.2) is 0 Å². The van der Waals surface area contributed by atoms with Gasteiger partial charge >= 0.3 is 11.9 Å². The second-order valence-corrected chi connectivity index (χ2v) is 4.92. The zero-order valence-corrected chi connectivity index (χ0v) is 12.7. The average Bonchev–Trinajstić information content (AvgIpc) is 3.08. The van der Waals surface area contributed by atoms with Crippen LogP contribution in [0.4, 0.5) is 0 Å². The number of benzene rings is 2. The van der Waals surface area contributed by atoms with Crippen molar-refractivity contribution in [2.75, 3.05) is 14.2 Å². The lowest BCUT2D eigenvalue weighted by atomic mass is 9.97. The highest BCUT2D eigenvalue weighted by atomic mass is 16.5. The van der Waals surface area contributed by atoms with E-state index in [2.05, 4.69) is 0 Å². The molecule has 0 bridgehead atoms. The van der Waals surface area contributed by atoms with Crippen molar-refractivity contribution in [1.29, 1.82) is 0 Å². The monoisotopic (exact) mass is 310 g/mol. The minimum atomic E-state index is -0.517. The van der Waals surface area contributed by atoms with Crippen molar-refractivity contribution in [2.45, 2.75) is 0 Å². The molecule has 0 radical (unpaired) electrons. The van der Waals surface area contributed by atoms with Crippen LogP contribution in [0.15, 0.2) is 53.1 Å². The summed E-state index contributed by atoms with van der Waals surface area (Å²) in [6, 6.07) is 12.3. The molecule has 1 heterocycles. The second kappa shape index (κ2) is 5.96. The van der Waals surface area contributed by atoms with Crippen molar-refractivity contribution < 1.29 is 23.5 Å². The number of hydrogen-bond donors (Lipinski definition) is 0. The molecule has 5 nitrogen and oxygen atoms in total. The number of methoxy groups -OCH3 is 2. The summed E-state index contributed by atoms with van der Waals surface area (Å²) < 4.78 is 14.9. The van der Waals surface area contributed by atoms with Crippen LogP contribution in [0.5, 0.6) is 0 Å². The number of rotatable bonds is 3. The second-order valence-electron chi connectivity index (χ2n) is 4.92. The molecule has 23 heavy (non-hydrogen) atoms. The fourth-order valence-electron chi connectivity index (χ4n) is 2.50. The first-order valence-corrected chi connectivity index (χ1v) is 6.92. The van der Waals surface area contributed by atoms with Gasteiger partial charge in [-0.15, -0.1) is 0 Å². The molecule has 0 spiro atoms. The number of ether oxygens (including phenoxy) is 2. The van der Waals surface area contributed by atoms with E-state index in [1.807, 2.05) is 24.3 Å². The Morgan fingerprint density at radius 3 is 2.17 bits per heavy atom. The van der Waals surface area contributed by atoms with E-state index in [1.54, 1.807) is 18.4 Å². The Morgan fingerprint density at radius 2 is 1.57 bits per heavy atom. The average molecular weight is 310 g/mol. The summed E-state index contributed by atoms with van der Waals surface area (Å²) in [6.45, 7) is 0. The maximum atomic E-state index is 11.9. The summed E-state index contributed by atoms with van der Waals surface area (Å²) in [6.07, 6.45) is 1.60. The highest BCUT2D eigenvalue weighted by Crippen LogP contribution is 2.31. The fourth-order valence-corrected chi connectivity index (χ4v) is 2.50. The van der Waals surface area contributed by atoms with Gasteiger partial charge in [-0.25, -0.2) is 9.59 Å². The first kappa shape index (κ1) is 14.8. The van der Waals surface area contributed by atoms with Crippen molar-refractivity contribution in [3.63, 3.8) is 0 Å². The summed E-state index contributed by atoms with van der Waals surface area (Å²) in [4.78, 5) is 23.8. The number of fused-ring (bicyclic) bond motifs is 1. The minimum Gasteiger partial charge on any atom is -0.465 e. The summed E-state index contributed by atoms with van der Waals surface area (Å²) in [5.41, 5.74) is 2.86. The highest BCUT2D eigenvalue weighted by Gasteiger charge is 2.16. The van der Waals surface area contributed by atoms with Crippen LogP contribution in [0.2, 0.25) is 0 Å². The summed E-state index contributed by atoms with van der Waals surface area (Å²) in [7, 11) is 2.59. The van der Waals surface area contributed by atoms with Gasteiger partial charge in [-0.1, -0.05) is 12.1 Å². The van der Waals surface area contributed by atoms with Crippen molar-refractivity contribution >= 4 is 22.9 Å². The zero-order chi connectivity index (χ0) is 16.4. The van der Waals surface area contributed by atoms with Gasteiger partial charge in [0, 0.05) is 5.39 Å². The highest BCUT2D eigenvalue weighted by molar-refractivity contribution is 6.00. The number of hydrogen-bond acceptors (Lipinski definition) is 5. The largest absolute Gasteiger partial charge is 0.465 e. The van der Waals surface area contributed by atoms with Crippen LogP contribution in [0.1, 0.15) is 20.7 Å². The maximum absolute atomic E-state index is 11.9. The number of carbonyl (C=O) groups is 2. The van der Waals surface area contributed by atoms with Gasteiger partial charge < -0.3 is 13.9 Å². The first-order chi connectivity index (χ1) is 11.1. The van der Waals surface area contributed by atoms with Crippen LogP contribution >= 0.6 is 0 Å². The summed E-state index contributed by atoms with van der Waals surface area (Å²) >= 11 is 0. The lowest BCUT2D eigenvalue weighted by Crippen LogP contribution is -2.07. The standard InChI is InChI=1S/C18H14O5/c1-21-17(19)12-8-11(9-13(10-12)18(20)22-2)14-4-3-5-16-15(14)6-7-23-16/h3-10H,1-2H3. The van der Waals surface area contributed by atoms with E-state index in [0.29, 0.717) is 5.56 Å². The van der Waals surface area contributed by atoms with Crippen molar-refractivity contribution in [2.24, 2.45) is 0 Å². The predicted molar refractivity (Wildman–Crippen MR) is 84.3 cm³/mol. The van der Waals surface area contributed by atoms with Crippen molar-refractivity contribution in [1.82, 2.24) is 0 Å².